The Morgan fingerprint density at radius 2 is 1.77 bits per heavy atom. The van der Waals surface area contributed by atoms with Crippen LogP contribution in [0.5, 0.6) is 0 Å². The fraction of sp³-hybridized carbons (Fsp3) is 0.125. The van der Waals surface area contributed by atoms with Gasteiger partial charge in [0.1, 0.15) is 0 Å². The number of esters is 1. The molecule has 0 saturated carbocycles. The quantitative estimate of drug-likeness (QED) is 0.614. The van der Waals surface area contributed by atoms with Crippen molar-refractivity contribution in [1.82, 2.24) is 4.57 Å². The summed E-state index contributed by atoms with van der Waals surface area (Å²) in [5, 5.41) is 0. The molecule has 2 aromatic carbocycles. The predicted octanol–water partition coefficient (Wildman–Crippen LogP) is 3.07. The molecule has 0 N–H and O–H groups in total. The Labute approximate surface area is 177 Å². The molecule has 2 heterocycles. The molecule has 0 spiro atoms. The van der Waals surface area contributed by atoms with Gasteiger partial charge in [-0.05, 0) is 24.1 Å². The molecule has 0 aliphatic carbocycles. The van der Waals surface area contributed by atoms with Gasteiger partial charge in [0, 0.05) is 0 Å². The lowest BCUT2D eigenvalue weighted by Crippen LogP contribution is -2.39. The second kappa shape index (κ2) is 8.47. The van der Waals surface area contributed by atoms with Gasteiger partial charge < -0.3 is 4.74 Å². The van der Waals surface area contributed by atoms with E-state index in [0.29, 0.717) is 20.6 Å². The number of methoxy groups -OCH3 is 1. The van der Waals surface area contributed by atoms with Crippen LogP contribution in [0, 0.1) is 0 Å². The van der Waals surface area contributed by atoms with Gasteiger partial charge in [-0.3, -0.25) is 9.36 Å². The molecule has 0 fully saturated rings. The summed E-state index contributed by atoms with van der Waals surface area (Å²) in [7, 11) is 1.34. The summed E-state index contributed by atoms with van der Waals surface area (Å²) in [4.78, 5) is 30.9. The Hall–Kier alpha value is -3.51. The van der Waals surface area contributed by atoms with E-state index in [1.807, 2.05) is 72.8 Å². The van der Waals surface area contributed by atoms with Crippen LogP contribution in [-0.4, -0.2) is 17.6 Å². The van der Waals surface area contributed by atoms with E-state index >= 15 is 0 Å². The first-order chi connectivity index (χ1) is 14.6. The van der Waals surface area contributed by atoms with Gasteiger partial charge in [-0.25, -0.2) is 9.79 Å². The van der Waals surface area contributed by atoms with Crippen molar-refractivity contribution in [2.75, 3.05) is 7.11 Å². The molecule has 0 amide bonds. The number of carbonyl (C=O) groups excluding carboxylic acids is 1. The Balaban J connectivity index is 1.87. The molecule has 0 unspecified atom stereocenters. The summed E-state index contributed by atoms with van der Waals surface area (Å²) in [6.45, 7) is 1.77. The lowest BCUT2D eigenvalue weighted by Gasteiger charge is -2.24. The van der Waals surface area contributed by atoms with Gasteiger partial charge in [0.05, 0.1) is 29.0 Å². The zero-order valence-electron chi connectivity index (χ0n) is 16.6. The molecule has 0 saturated heterocycles. The molecule has 6 heteroatoms. The third-order valence-electron chi connectivity index (χ3n) is 4.88. The Morgan fingerprint density at radius 3 is 2.43 bits per heavy atom. The first-order valence-corrected chi connectivity index (χ1v) is 10.3. The highest BCUT2D eigenvalue weighted by molar-refractivity contribution is 7.07. The van der Waals surface area contributed by atoms with Crippen LogP contribution >= 0.6 is 11.3 Å². The van der Waals surface area contributed by atoms with Crippen LogP contribution in [0.15, 0.2) is 87.8 Å². The number of nitrogens with zero attached hydrogens (tertiary/aromatic N) is 2. The van der Waals surface area contributed by atoms with E-state index in [9.17, 15) is 9.59 Å². The largest absolute Gasteiger partial charge is 0.466 e. The number of hydrogen-bond acceptors (Lipinski definition) is 5. The molecule has 3 aromatic rings. The highest BCUT2D eigenvalue weighted by Gasteiger charge is 2.32. The van der Waals surface area contributed by atoms with E-state index in [1.165, 1.54) is 18.4 Å². The minimum atomic E-state index is -0.574. The molecular formula is C24H20N2O3S. The summed E-state index contributed by atoms with van der Waals surface area (Å²) in [5.41, 5.74) is 2.64. The van der Waals surface area contributed by atoms with Gasteiger partial charge in [-0.1, -0.05) is 84.2 Å². The summed E-state index contributed by atoms with van der Waals surface area (Å²) < 4.78 is 7.14. The molecule has 150 valence electrons. The predicted molar refractivity (Wildman–Crippen MR) is 119 cm³/mol. The van der Waals surface area contributed by atoms with Gasteiger partial charge >= 0.3 is 5.97 Å². The van der Waals surface area contributed by atoms with Gasteiger partial charge in [-0.15, -0.1) is 0 Å². The number of allylic oxidation sites excluding steroid dienone is 2. The number of carbonyl (C=O) groups is 1. The third kappa shape index (κ3) is 3.69. The van der Waals surface area contributed by atoms with Crippen LogP contribution < -0.4 is 14.9 Å². The average molecular weight is 417 g/mol. The maximum atomic E-state index is 13.3. The van der Waals surface area contributed by atoms with Crippen molar-refractivity contribution in [2.24, 2.45) is 4.99 Å². The zero-order chi connectivity index (χ0) is 21.1. The molecule has 30 heavy (non-hydrogen) atoms. The number of thiazole rings is 1. The normalized spacial score (nSPS) is 16.5. The highest BCUT2D eigenvalue weighted by Crippen LogP contribution is 2.30. The van der Waals surface area contributed by atoms with Crippen molar-refractivity contribution in [1.29, 1.82) is 0 Å². The van der Waals surface area contributed by atoms with Crippen LogP contribution in [0.4, 0.5) is 0 Å². The minimum Gasteiger partial charge on any atom is -0.466 e. The van der Waals surface area contributed by atoms with Crippen LogP contribution in [0.2, 0.25) is 0 Å². The van der Waals surface area contributed by atoms with E-state index in [4.69, 9.17) is 4.74 Å². The molecule has 1 aliphatic heterocycles. The van der Waals surface area contributed by atoms with Gasteiger partial charge in [0.15, 0.2) is 4.80 Å². The van der Waals surface area contributed by atoms with Crippen molar-refractivity contribution in [3.8, 4) is 0 Å². The average Bonchev–Trinajstić information content (AvgIpc) is 3.08. The van der Waals surface area contributed by atoms with Gasteiger partial charge in [-0.2, -0.15) is 0 Å². The Bertz CT molecular complexity index is 1320. The van der Waals surface area contributed by atoms with Crippen LogP contribution in [0.1, 0.15) is 24.1 Å². The van der Waals surface area contributed by atoms with Gasteiger partial charge in [0.25, 0.3) is 5.56 Å². The summed E-state index contributed by atoms with van der Waals surface area (Å²) in [6, 6.07) is 18.8. The fourth-order valence-corrected chi connectivity index (χ4v) is 4.47. The molecule has 1 aromatic heterocycles. The first-order valence-electron chi connectivity index (χ1n) is 9.47. The number of hydrogen-bond donors (Lipinski definition) is 0. The maximum absolute atomic E-state index is 13.3. The van der Waals surface area contributed by atoms with Crippen molar-refractivity contribution >= 4 is 29.5 Å². The topological polar surface area (TPSA) is 60.7 Å². The van der Waals surface area contributed by atoms with E-state index in [1.54, 1.807) is 17.6 Å². The summed E-state index contributed by atoms with van der Waals surface area (Å²) in [6.07, 6.45) is 5.58. The Kier molecular flexibility index (Phi) is 5.59. The van der Waals surface area contributed by atoms with Crippen molar-refractivity contribution in [3.05, 3.63) is 109 Å². The van der Waals surface area contributed by atoms with E-state index in [0.717, 1.165) is 11.1 Å². The van der Waals surface area contributed by atoms with E-state index in [2.05, 4.69) is 4.99 Å². The fourth-order valence-electron chi connectivity index (χ4n) is 3.47. The lowest BCUT2D eigenvalue weighted by molar-refractivity contribution is -0.136. The van der Waals surface area contributed by atoms with Crippen molar-refractivity contribution < 1.29 is 9.53 Å². The summed E-state index contributed by atoms with van der Waals surface area (Å²) in [5.74, 6) is -0.483. The molecule has 5 nitrogen and oxygen atoms in total. The Morgan fingerprint density at radius 1 is 1.10 bits per heavy atom. The smallest absolute Gasteiger partial charge is 0.338 e. The maximum Gasteiger partial charge on any atom is 0.338 e. The standard InChI is InChI=1S/C24H20N2O3S/c1-16-20(23(28)29-2)21(18-13-7-4-8-14-18)26-22(27)19(30-24(26)25-16)15-9-12-17-10-5-3-6-11-17/h3-15,21H,1-2H3/b12-9+,19-15?/t21-/m0/s1. The third-order valence-corrected chi connectivity index (χ3v) is 5.88. The number of benzene rings is 2. The van der Waals surface area contributed by atoms with Crippen molar-refractivity contribution in [2.45, 2.75) is 13.0 Å². The molecule has 4 rings (SSSR count). The number of fused-ring (bicyclic) bond motifs is 1. The molecule has 1 aliphatic rings. The summed E-state index contributed by atoms with van der Waals surface area (Å²) >= 11 is 1.31. The van der Waals surface area contributed by atoms with Crippen molar-refractivity contribution in [3.63, 3.8) is 0 Å². The van der Waals surface area contributed by atoms with Crippen LogP contribution in [0.3, 0.4) is 0 Å². The van der Waals surface area contributed by atoms with E-state index in [-0.39, 0.29) is 5.56 Å². The highest BCUT2D eigenvalue weighted by atomic mass is 32.1. The zero-order valence-corrected chi connectivity index (χ0v) is 17.4. The monoisotopic (exact) mass is 416 g/mol. The van der Waals surface area contributed by atoms with Gasteiger partial charge in [0.2, 0.25) is 0 Å². The number of aromatic nitrogens is 1. The van der Waals surface area contributed by atoms with E-state index < -0.39 is 12.0 Å². The molecule has 0 bridgehead atoms. The molecule has 1 atom stereocenters. The minimum absolute atomic E-state index is 0.181. The molecule has 0 radical (unpaired) electrons. The molecular weight excluding hydrogens is 396 g/mol. The van der Waals surface area contributed by atoms with Crippen LogP contribution in [0.25, 0.3) is 12.2 Å². The number of rotatable bonds is 4. The SMILES string of the molecule is COC(=O)C1=C(C)N=c2sc(=C/C=C/c3ccccc3)c(=O)n2[C@H]1c1ccccc1. The second-order valence-electron chi connectivity index (χ2n) is 6.78. The first kappa shape index (κ1) is 19.8. The number of ether oxygens (including phenoxy) is 1. The van der Waals surface area contributed by atoms with Crippen LogP contribution in [-0.2, 0) is 9.53 Å². The second-order valence-corrected chi connectivity index (χ2v) is 7.79. The lowest BCUT2D eigenvalue weighted by atomic mass is 9.96.